The van der Waals surface area contributed by atoms with Crippen molar-refractivity contribution in [3.63, 3.8) is 0 Å². The molecule has 41 heavy (non-hydrogen) atoms. The number of rotatable bonds is 9. The molecule has 4 rings (SSSR count). The molecule has 0 saturated carbocycles. The monoisotopic (exact) mass is 602 g/mol. The Morgan fingerprint density at radius 2 is 1.39 bits per heavy atom. The summed E-state index contributed by atoms with van der Waals surface area (Å²) in [5.74, 6) is 0.609. The van der Waals surface area contributed by atoms with Gasteiger partial charge in [-0.05, 0) is 65.6 Å². The van der Waals surface area contributed by atoms with Crippen molar-refractivity contribution in [1.82, 2.24) is 29.5 Å². The largest absolute Gasteiger partial charge is 0.466 e. The predicted molar refractivity (Wildman–Crippen MR) is 161 cm³/mol. The minimum atomic E-state index is -0.861. The van der Waals surface area contributed by atoms with Crippen molar-refractivity contribution in [1.29, 1.82) is 0 Å². The topological polar surface area (TPSA) is 111 Å². The molecule has 0 bridgehead atoms. The number of aryl methyl sites for hydroxylation is 1. The maximum Gasteiger partial charge on any atom is 0.219 e. The van der Waals surface area contributed by atoms with Gasteiger partial charge in [0.05, 0.1) is 12.1 Å². The summed E-state index contributed by atoms with van der Waals surface area (Å²) in [6.45, 7) is 12.4. The first-order valence-corrected chi connectivity index (χ1v) is 14.2. The fourth-order valence-corrected chi connectivity index (χ4v) is 4.22. The van der Waals surface area contributed by atoms with E-state index in [9.17, 15) is 10.2 Å². The number of aromatic nitrogens is 6. The molecule has 0 amide bonds. The lowest BCUT2D eigenvalue weighted by atomic mass is 9.73. The second-order valence-corrected chi connectivity index (χ2v) is 13.0. The summed E-state index contributed by atoms with van der Waals surface area (Å²) in [6, 6.07) is 14.7. The van der Waals surface area contributed by atoms with Gasteiger partial charge >= 0.3 is 0 Å². The molecule has 3 unspecified atom stereocenters. The van der Waals surface area contributed by atoms with Crippen LogP contribution in [0.2, 0.25) is 10.0 Å². The molecule has 0 aliphatic rings. The van der Waals surface area contributed by atoms with E-state index in [1.165, 1.54) is 29.2 Å². The Kier molecular flexibility index (Phi) is 10.9. The highest BCUT2D eigenvalue weighted by molar-refractivity contribution is 6.30. The highest BCUT2D eigenvalue weighted by Gasteiger charge is 2.40. The lowest BCUT2D eigenvalue weighted by Gasteiger charge is -2.40. The molecule has 2 aromatic carbocycles. The lowest BCUT2D eigenvalue weighted by molar-refractivity contribution is -0.0796. The van der Waals surface area contributed by atoms with Gasteiger partial charge < -0.3 is 14.9 Å². The van der Waals surface area contributed by atoms with E-state index in [2.05, 4.69) is 20.2 Å². The SMILES string of the molecule is CC(C)(C)C(O)(CCc1ccc(Cl)cc1)Cn1cncn1.CC(C)(C)C(O)C(Oc1ccc(Cl)cc1)n1cncn1. The Labute approximate surface area is 252 Å². The van der Waals surface area contributed by atoms with Crippen LogP contribution in [-0.4, -0.2) is 51.4 Å². The molecule has 222 valence electrons. The van der Waals surface area contributed by atoms with Crippen molar-refractivity contribution < 1.29 is 14.9 Å². The van der Waals surface area contributed by atoms with Crippen LogP contribution in [0, 0.1) is 10.8 Å². The average molecular weight is 604 g/mol. The van der Waals surface area contributed by atoms with Crippen molar-refractivity contribution in [2.24, 2.45) is 10.8 Å². The molecule has 0 saturated heterocycles. The van der Waals surface area contributed by atoms with Crippen LogP contribution in [0.25, 0.3) is 0 Å². The Morgan fingerprint density at radius 3 is 1.88 bits per heavy atom. The van der Waals surface area contributed by atoms with Gasteiger partial charge in [-0.2, -0.15) is 10.2 Å². The second-order valence-electron chi connectivity index (χ2n) is 12.1. The van der Waals surface area contributed by atoms with Gasteiger partial charge in [-0.3, -0.25) is 4.68 Å². The number of hydrogen-bond donors (Lipinski definition) is 2. The highest BCUT2D eigenvalue weighted by atomic mass is 35.5. The average Bonchev–Trinajstić information content (AvgIpc) is 3.62. The number of hydrogen-bond acceptors (Lipinski definition) is 7. The van der Waals surface area contributed by atoms with Crippen LogP contribution in [0.1, 0.15) is 59.8 Å². The number of benzene rings is 2. The normalized spacial score (nSPS) is 14.9. The minimum absolute atomic E-state index is 0.259. The third kappa shape index (κ3) is 9.53. The first-order chi connectivity index (χ1) is 19.2. The van der Waals surface area contributed by atoms with Gasteiger partial charge in [0.2, 0.25) is 6.23 Å². The molecule has 0 spiro atoms. The van der Waals surface area contributed by atoms with Gasteiger partial charge in [-0.1, -0.05) is 76.9 Å². The third-order valence-electron chi connectivity index (χ3n) is 6.95. The number of nitrogens with zero attached hydrogens (tertiary/aromatic N) is 6. The van der Waals surface area contributed by atoms with Crippen molar-refractivity contribution >= 4 is 23.2 Å². The predicted octanol–water partition coefficient (Wildman–Crippen LogP) is 6.26. The lowest BCUT2D eigenvalue weighted by Crippen LogP contribution is -2.47. The van der Waals surface area contributed by atoms with E-state index in [1.807, 2.05) is 65.8 Å². The zero-order valence-electron chi connectivity index (χ0n) is 24.4. The molecule has 0 aliphatic carbocycles. The van der Waals surface area contributed by atoms with Gasteiger partial charge in [0.15, 0.2) is 0 Å². The second kappa shape index (κ2) is 13.8. The van der Waals surface area contributed by atoms with Crippen molar-refractivity contribution in [2.45, 2.75) is 78.9 Å². The molecule has 0 fully saturated rings. The molecular formula is C30H40Cl2N6O3. The van der Waals surface area contributed by atoms with Crippen molar-refractivity contribution in [2.75, 3.05) is 0 Å². The molecule has 9 nitrogen and oxygen atoms in total. The zero-order chi connectivity index (χ0) is 30.3. The Morgan fingerprint density at radius 1 is 0.829 bits per heavy atom. The van der Waals surface area contributed by atoms with Crippen LogP contribution < -0.4 is 4.74 Å². The van der Waals surface area contributed by atoms with Crippen LogP contribution in [0.5, 0.6) is 5.75 Å². The zero-order valence-corrected chi connectivity index (χ0v) is 26.0. The van der Waals surface area contributed by atoms with Gasteiger partial charge in [0.1, 0.15) is 37.2 Å². The van der Waals surface area contributed by atoms with Crippen molar-refractivity contribution in [3.05, 3.63) is 89.4 Å². The standard InChI is InChI=1S/C16H22ClN3O.C14H18ClN3O2/c1-15(2,3)16(21,10-20-12-18-11-19-20)9-8-13-4-6-14(17)7-5-13;1-14(2,3)12(19)13(18-9-16-8-17-18)20-11-6-4-10(15)5-7-11/h4-7,11-12,21H,8-10H2,1-3H3;4-9,12-13,19H,1-3H3. The smallest absolute Gasteiger partial charge is 0.219 e. The Bertz CT molecular complexity index is 1300. The fourth-order valence-electron chi connectivity index (χ4n) is 3.97. The molecule has 2 aromatic heterocycles. The van der Waals surface area contributed by atoms with Gasteiger partial charge in [0.25, 0.3) is 0 Å². The maximum absolute atomic E-state index is 11.1. The highest BCUT2D eigenvalue weighted by Crippen LogP contribution is 2.36. The van der Waals surface area contributed by atoms with Crippen LogP contribution >= 0.6 is 23.2 Å². The number of aliphatic hydroxyl groups excluding tert-OH is 1. The molecule has 2 heterocycles. The van der Waals surface area contributed by atoms with Crippen LogP contribution in [-0.2, 0) is 13.0 Å². The first-order valence-electron chi connectivity index (χ1n) is 13.4. The number of aliphatic hydroxyl groups is 2. The minimum Gasteiger partial charge on any atom is -0.466 e. The summed E-state index contributed by atoms with van der Waals surface area (Å²) in [4.78, 5) is 7.85. The molecule has 0 aliphatic heterocycles. The first kappa shape index (κ1) is 32.5. The number of halogens is 2. The summed E-state index contributed by atoms with van der Waals surface area (Å²) in [6.07, 6.45) is 6.10. The summed E-state index contributed by atoms with van der Waals surface area (Å²) in [5.41, 5.74) is -0.310. The van der Waals surface area contributed by atoms with E-state index in [4.69, 9.17) is 27.9 Å². The molecule has 3 atom stereocenters. The van der Waals surface area contributed by atoms with Gasteiger partial charge in [-0.15, -0.1) is 0 Å². The van der Waals surface area contributed by atoms with Crippen LogP contribution in [0.15, 0.2) is 73.8 Å². The van der Waals surface area contributed by atoms with Crippen LogP contribution in [0.3, 0.4) is 0 Å². The number of ether oxygens (including phenoxy) is 1. The maximum atomic E-state index is 11.1. The van der Waals surface area contributed by atoms with E-state index < -0.39 is 17.9 Å². The third-order valence-corrected chi connectivity index (χ3v) is 7.46. The van der Waals surface area contributed by atoms with E-state index in [0.717, 1.165) is 11.4 Å². The van der Waals surface area contributed by atoms with Crippen molar-refractivity contribution in [3.8, 4) is 5.75 Å². The van der Waals surface area contributed by atoms with E-state index >= 15 is 0 Å². The van der Waals surface area contributed by atoms with E-state index in [0.29, 0.717) is 23.7 Å². The molecule has 4 aromatic rings. The van der Waals surface area contributed by atoms with E-state index in [-0.39, 0.29) is 10.8 Å². The van der Waals surface area contributed by atoms with Gasteiger partial charge in [0, 0.05) is 10.0 Å². The molecule has 2 N–H and O–H groups in total. The molecule has 11 heteroatoms. The molecule has 0 radical (unpaired) electrons. The Hall–Kier alpha value is -2.98. The summed E-state index contributed by atoms with van der Waals surface area (Å²) < 4.78 is 9.05. The van der Waals surface area contributed by atoms with E-state index in [1.54, 1.807) is 35.3 Å². The fraction of sp³-hybridized carbons (Fsp3) is 0.467. The Balaban J connectivity index is 0.000000226. The summed E-state index contributed by atoms with van der Waals surface area (Å²) >= 11 is 11.8. The summed E-state index contributed by atoms with van der Waals surface area (Å²) in [7, 11) is 0. The van der Waals surface area contributed by atoms with Gasteiger partial charge in [-0.25, -0.2) is 14.6 Å². The molecular weight excluding hydrogens is 563 g/mol. The quantitative estimate of drug-likeness (QED) is 0.232. The van der Waals surface area contributed by atoms with Crippen LogP contribution in [0.4, 0.5) is 0 Å². The summed E-state index contributed by atoms with van der Waals surface area (Å²) in [5, 5.41) is 31.1.